The van der Waals surface area contributed by atoms with Gasteiger partial charge in [-0.3, -0.25) is 9.59 Å². The van der Waals surface area contributed by atoms with Crippen molar-refractivity contribution in [2.75, 3.05) is 0 Å². The van der Waals surface area contributed by atoms with Gasteiger partial charge in [0, 0.05) is 20.3 Å². The molecule has 0 heterocycles. The molecule has 0 N–H and O–H groups in total. The van der Waals surface area contributed by atoms with Crippen molar-refractivity contribution < 1.29 is 19.1 Å². The molecular formula is C32H50O4. The topological polar surface area (TPSA) is 52.6 Å². The SMILES string of the molecule is CC(=O)OC1=C2[C@H](CC[C@H]3C[C@H](OC(C)=O)CC[C@]23C)[C@@H]2CC[C@@H]([C@H](C)/C=C/[C@H](C)C(C)C)[C@]2(C)C1. The highest BCUT2D eigenvalue weighted by Gasteiger charge is 2.60. The van der Waals surface area contributed by atoms with Crippen LogP contribution in [0.15, 0.2) is 23.5 Å². The second kappa shape index (κ2) is 10.3. The summed E-state index contributed by atoms with van der Waals surface area (Å²) in [5.41, 5.74) is 1.64. The summed E-state index contributed by atoms with van der Waals surface area (Å²) >= 11 is 0. The molecule has 4 aliphatic carbocycles. The molecule has 4 nitrogen and oxygen atoms in total. The predicted molar refractivity (Wildman–Crippen MR) is 144 cm³/mol. The maximum atomic E-state index is 12.4. The number of allylic oxidation sites excluding steroid dienone is 4. The fourth-order valence-electron chi connectivity index (χ4n) is 8.86. The lowest BCUT2D eigenvalue weighted by Gasteiger charge is -2.57. The highest BCUT2D eigenvalue weighted by Crippen LogP contribution is 2.68. The van der Waals surface area contributed by atoms with Gasteiger partial charge < -0.3 is 9.47 Å². The van der Waals surface area contributed by atoms with Gasteiger partial charge in [0.1, 0.15) is 11.9 Å². The first-order chi connectivity index (χ1) is 16.9. The molecule has 0 unspecified atom stereocenters. The summed E-state index contributed by atoms with van der Waals surface area (Å²) in [5.74, 6) is 4.63. The highest BCUT2D eigenvalue weighted by molar-refractivity contribution is 5.67. The Kier molecular flexibility index (Phi) is 7.85. The Morgan fingerprint density at radius 3 is 2.31 bits per heavy atom. The van der Waals surface area contributed by atoms with Crippen molar-refractivity contribution in [1.82, 2.24) is 0 Å². The number of esters is 2. The van der Waals surface area contributed by atoms with Gasteiger partial charge in [-0.15, -0.1) is 0 Å². The van der Waals surface area contributed by atoms with E-state index in [-0.39, 0.29) is 28.9 Å². The van der Waals surface area contributed by atoms with Crippen molar-refractivity contribution >= 4 is 11.9 Å². The minimum absolute atomic E-state index is 0.0282. The monoisotopic (exact) mass is 498 g/mol. The summed E-state index contributed by atoms with van der Waals surface area (Å²) in [6.45, 7) is 17.3. The third-order valence-electron chi connectivity index (χ3n) is 11.1. The highest BCUT2D eigenvalue weighted by atomic mass is 16.5. The van der Waals surface area contributed by atoms with Crippen LogP contribution in [0.4, 0.5) is 0 Å². The minimum Gasteiger partial charge on any atom is -0.463 e. The Labute approximate surface area is 219 Å². The van der Waals surface area contributed by atoms with Crippen molar-refractivity contribution in [3.05, 3.63) is 23.5 Å². The van der Waals surface area contributed by atoms with E-state index in [1.165, 1.54) is 31.8 Å². The van der Waals surface area contributed by atoms with E-state index >= 15 is 0 Å². The third-order valence-corrected chi connectivity index (χ3v) is 11.1. The molecule has 0 radical (unpaired) electrons. The van der Waals surface area contributed by atoms with Crippen LogP contribution in [0.25, 0.3) is 0 Å². The van der Waals surface area contributed by atoms with Gasteiger partial charge in [0.25, 0.3) is 0 Å². The van der Waals surface area contributed by atoms with Gasteiger partial charge in [-0.1, -0.05) is 53.7 Å². The van der Waals surface area contributed by atoms with E-state index in [1.807, 2.05) is 0 Å². The molecule has 0 aromatic carbocycles. The molecule has 3 fully saturated rings. The molecule has 0 amide bonds. The van der Waals surface area contributed by atoms with Gasteiger partial charge in [-0.05, 0) is 103 Å². The predicted octanol–water partition coefficient (Wildman–Crippen LogP) is 7.87. The molecular weight excluding hydrogens is 448 g/mol. The second-order valence-electron chi connectivity index (χ2n) is 13.6. The molecule has 4 aliphatic rings. The largest absolute Gasteiger partial charge is 0.463 e. The molecule has 0 bridgehead atoms. The summed E-state index contributed by atoms with van der Waals surface area (Å²) in [4.78, 5) is 24.0. The van der Waals surface area contributed by atoms with Gasteiger partial charge in [0.05, 0.1) is 0 Å². The van der Waals surface area contributed by atoms with E-state index in [4.69, 9.17) is 9.47 Å². The van der Waals surface area contributed by atoms with E-state index in [0.717, 1.165) is 37.9 Å². The van der Waals surface area contributed by atoms with Gasteiger partial charge in [0.2, 0.25) is 0 Å². The van der Waals surface area contributed by atoms with Crippen LogP contribution in [0, 0.1) is 52.3 Å². The number of fused-ring (bicyclic) bond motifs is 5. The quantitative estimate of drug-likeness (QED) is 0.276. The maximum Gasteiger partial charge on any atom is 0.307 e. The molecule has 0 saturated heterocycles. The Balaban J connectivity index is 1.66. The van der Waals surface area contributed by atoms with E-state index < -0.39 is 0 Å². The number of hydrogen-bond donors (Lipinski definition) is 0. The lowest BCUT2D eigenvalue weighted by atomic mass is 9.48. The van der Waals surface area contributed by atoms with Gasteiger partial charge in [-0.25, -0.2) is 0 Å². The fraction of sp³-hybridized carbons (Fsp3) is 0.812. The van der Waals surface area contributed by atoms with Crippen molar-refractivity contribution in [2.45, 2.75) is 113 Å². The molecule has 3 saturated carbocycles. The average molecular weight is 499 g/mol. The molecule has 0 spiro atoms. The molecule has 0 aromatic rings. The van der Waals surface area contributed by atoms with E-state index in [1.54, 1.807) is 6.92 Å². The summed E-state index contributed by atoms with van der Waals surface area (Å²) in [6, 6.07) is 0. The first-order valence-electron chi connectivity index (χ1n) is 14.6. The molecule has 36 heavy (non-hydrogen) atoms. The van der Waals surface area contributed by atoms with Crippen LogP contribution >= 0.6 is 0 Å². The number of rotatable bonds is 6. The Hall–Kier alpha value is -1.58. The fourth-order valence-corrected chi connectivity index (χ4v) is 8.86. The molecule has 4 heteroatoms. The summed E-state index contributed by atoms with van der Waals surface area (Å²) < 4.78 is 11.8. The normalized spacial score (nSPS) is 39.9. The Morgan fingerprint density at radius 1 is 0.944 bits per heavy atom. The molecule has 9 atom stereocenters. The summed E-state index contributed by atoms with van der Waals surface area (Å²) in [7, 11) is 0. The van der Waals surface area contributed by atoms with Crippen LogP contribution < -0.4 is 0 Å². The second-order valence-corrected chi connectivity index (χ2v) is 13.6. The van der Waals surface area contributed by atoms with E-state index in [9.17, 15) is 9.59 Å². The van der Waals surface area contributed by atoms with Crippen LogP contribution in [-0.2, 0) is 19.1 Å². The molecule has 0 aromatic heterocycles. The number of carbonyl (C=O) groups is 2. The van der Waals surface area contributed by atoms with Crippen molar-refractivity contribution in [2.24, 2.45) is 52.3 Å². The zero-order valence-electron chi connectivity index (χ0n) is 24.1. The average Bonchev–Trinajstić information content (AvgIpc) is 3.13. The van der Waals surface area contributed by atoms with Gasteiger partial charge >= 0.3 is 11.9 Å². The smallest absolute Gasteiger partial charge is 0.307 e. The lowest BCUT2D eigenvalue weighted by molar-refractivity contribution is -0.151. The van der Waals surface area contributed by atoms with Crippen LogP contribution in [0.3, 0.4) is 0 Å². The van der Waals surface area contributed by atoms with Crippen molar-refractivity contribution in [3.63, 3.8) is 0 Å². The minimum atomic E-state index is -0.189. The lowest BCUT2D eigenvalue weighted by Crippen LogP contribution is -2.50. The van der Waals surface area contributed by atoms with E-state index in [2.05, 4.69) is 53.7 Å². The van der Waals surface area contributed by atoms with Gasteiger partial charge in [0.15, 0.2) is 0 Å². The first-order valence-corrected chi connectivity index (χ1v) is 14.6. The maximum absolute atomic E-state index is 12.4. The summed E-state index contributed by atoms with van der Waals surface area (Å²) in [6.07, 6.45) is 13.5. The molecule has 202 valence electrons. The zero-order valence-corrected chi connectivity index (χ0v) is 24.1. The first kappa shape index (κ1) is 27.5. The number of ether oxygens (including phenoxy) is 2. The van der Waals surface area contributed by atoms with Gasteiger partial charge in [-0.2, -0.15) is 0 Å². The Bertz CT molecular complexity index is 915. The number of carbonyl (C=O) groups excluding carboxylic acids is 2. The summed E-state index contributed by atoms with van der Waals surface area (Å²) in [5, 5.41) is 0. The van der Waals surface area contributed by atoms with Crippen LogP contribution in [0.5, 0.6) is 0 Å². The molecule has 4 rings (SSSR count). The van der Waals surface area contributed by atoms with Crippen LogP contribution in [0.1, 0.15) is 107 Å². The van der Waals surface area contributed by atoms with E-state index in [0.29, 0.717) is 41.4 Å². The van der Waals surface area contributed by atoms with Crippen LogP contribution in [-0.4, -0.2) is 18.0 Å². The van der Waals surface area contributed by atoms with Crippen LogP contribution in [0.2, 0.25) is 0 Å². The Morgan fingerprint density at radius 2 is 1.67 bits per heavy atom. The standard InChI is InChI=1S/C32H50O4/c1-19(2)20(3)9-10-21(4)27-13-14-28-26-12-11-24-17-25(35-22(5)33)15-16-31(24,7)30(26)29(36-23(6)34)18-32(27,28)8/h9-10,19-21,24-28H,11-18H2,1-8H3/b10-9+/t20-,21+,24-,25+,26+,27-,28-,31-,32-/m0/s1. The van der Waals surface area contributed by atoms with Crippen molar-refractivity contribution in [3.8, 4) is 0 Å². The third kappa shape index (κ3) is 4.95. The number of hydrogen-bond acceptors (Lipinski definition) is 4. The molecule has 0 aliphatic heterocycles. The van der Waals surface area contributed by atoms with Crippen molar-refractivity contribution in [1.29, 1.82) is 0 Å². The zero-order chi connectivity index (χ0) is 26.4.